The molecule has 218 valence electrons. The molecule has 1 spiro atoms. The number of allylic oxidation sites excluding steroid dienone is 1. The molecule has 1 saturated heterocycles. The molecule has 38 heavy (non-hydrogen) atoms. The third kappa shape index (κ3) is 5.55. The molecule has 1 heterocycles. The molecule has 3 saturated carbocycles. The van der Waals surface area contributed by atoms with Crippen LogP contribution < -0.4 is 5.32 Å². The predicted octanol–water partition coefficient (Wildman–Crippen LogP) is 7.29. The van der Waals surface area contributed by atoms with E-state index in [0.29, 0.717) is 10.8 Å². The van der Waals surface area contributed by atoms with Gasteiger partial charge in [-0.15, -0.1) is 0 Å². The zero-order chi connectivity index (χ0) is 27.1. The van der Waals surface area contributed by atoms with E-state index in [1.807, 2.05) is 0 Å². The Hall–Kier alpha value is -0.420. The lowest BCUT2D eigenvalue weighted by Gasteiger charge is -2.59. The fourth-order valence-corrected chi connectivity index (χ4v) is 10.1. The van der Waals surface area contributed by atoms with Crippen molar-refractivity contribution in [2.24, 2.45) is 46.3 Å². The molecule has 2 unspecified atom stereocenters. The first-order chi connectivity index (χ1) is 18.1. The van der Waals surface area contributed by atoms with Gasteiger partial charge in [-0.3, -0.25) is 0 Å². The van der Waals surface area contributed by atoms with Gasteiger partial charge in [0.05, 0.1) is 12.7 Å². The SMILES string of the molecule is CC(C)CCC[C@@H](C)[C@H]1CC[C@H]2[C@@H]3CC=C4CC5(CC[C@]4(C)[C@H]3CC[C@]12C)OCC(CNCCN(C)C)O5. The largest absolute Gasteiger partial charge is 0.347 e. The van der Waals surface area contributed by atoms with Crippen molar-refractivity contribution >= 4 is 0 Å². The highest BCUT2D eigenvalue weighted by molar-refractivity contribution is 5.27. The summed E-state index contributed by atoms with van der Waals surface area (Å²) in [4.78, 5) is 2.22. The fourth-order valence-electron chi connectivity index (χ4n) is 10.1. The Morgan fingerprint density at radius 3 is 2.61 bits per heavy atom. The normalized spacial score (nSPS) is 43.3. The second-order valence-electron chi connectivity index (χ2n) is 15.4. The third-order valence-electron chi connectivity index (χ3n) is 12.3. The van der Waals surface area contributed by atoms with Crippen LogP contribution in [0, 0.1) is 46.3 Å². The van der Waals surface area contributed by atoms with Gasteiger partial charge in [-0.25, -0.2) is 0 Å². The quantitative estimate of drug-likeness (QED) is 0.238. The minimum atomic E-state index is -0.362. The Bertz CT molecular complexity index is 840. The van der Waals surface area contributed by atoms with E-state index in [1.165, 1.54) is 57.8 Å². The smallest absolute Gasteiger partial charge is 0.172 e. The molecule has 1 aliphatic heterocycles. The molecule has 0 aromatic carbocycles. The summed E-state index contributed by atoms with van der Waals surface area (Å²) in [6.07, 6.45) is 17.6. The minimum Gasteiger partial charge on any atom is -0.347 e. The minimum absolute atomic E-state index is 0.187. The van der Waals surface area contributed by atoms with Crippen LogP contribution in [0.15, 0.2) is 11.6 Å². The highest BCUT2D eigenvalue weighted by atomic mass is 16.7. The highest BCUT2D eigenvalue weighted by Gasteiger charge is 2.61. The van der Waals surface area contributed by atoms with Crippen LogP contribution in [0.25, 0.3) is 0 Å². The summed E-state index contributed by atoms with van der Waals surface area (Å²) in [7, 11) is 4.25. The summed E-state index contributed by atoms with van der Waals surface area (Å²) in [5.74, 6) is 5.00. The van der Waals surface area contributed by atoms with E-state index < -0.39 is 0 Å². The second-order valence-corrected chi connectivity index (χ2v) is 15.4. The number of ether oxygens (including phenoxy) is 2. The molecule has 4 fully saturated rings. The first-order valence-electron chi connectivity index (χ1n) is 16.4. The molecular formula is C34H60N2O2. The van der Waals surface area contributed by atoms with Gasteiger partial charge in [0.1, 0.15) is 0 Å². The Labute approximate surface area is 235 Å². The first-order valence-corrected chi connectivity index (χ1v) is 16.4. The maximum Gasteiger partial charge on any atom is 0.172 e. The molecule has 1 N–H and O–H groups in total. The van der Waals surface area contributed by atoms with Gasteiger partial charge in [0.15, 0.2) is 5.79 Å². The van der Waals surface area contributed by atoms with Crippen molar-refractivity contribution in [1.29, 1.82) is 0 Å². The number of likely N-dealkylation sites (N-methyl/N-ethyl adjacent to an activating group) is 1. The summed E-state index contributed by atoms with van der Waals surface area (Å²) in [5, 5.41) is 3.57. The van der Waals surface area contributed by atoms with Crippen LogP contribution in [0.5, 0.6) is 0 Å². The van der Waals surface area contributed by atoms with Crippen molar-refractivity contribution in [2.45, 2.75) is 117 Å². The summed E-state index contributed by atoms with van der Waals surface area (Å²) in [6.45, 7) is 16.4. The van der Waals surface area contributed by atoms with Crippen LogP contribution in [-0.2, 0) is 9.47 Å². The van der Waals surface area contributed by atoms with Crippen LogP contribution >= 0.6 is 0 Å². The number of hydrogen-bond acceptors (Lipinski definition) is 4. The van der Waals surface area contributed by atoms with E-state index in [9.17, 15) is 0 Å². The molecule has 0 radical (unpaired) electrons. The Kier molecular flexibility index (Phi) is 8.77. The van der Waals surface area contributed by atoms with E-state index in [-0.39, 0.29) is 11.9 Å². The summed E-state index contributed by atoms with van der Waals surface area (Å²) in [6, 6.07) is 0. The van der Waals surface area contributed by atoms with Gasteiger partial charge in [-0.05, 0) is 99.0 Å². The predicted molar refractivity (Wildman–Crippen MR) is 158 cm³/mol. The lowest BCUT2D eigenvalue weighted by molar-refractivity contribution is -0.194. The number of fused-ring (bicyclic) bond motifs is 5. The molecule has 9 atom stereocenters. The number of rotatable bonds is 10. The molecule has 5 rings (SSSR count). The van der Waals surface area contributed by atoms with Gasteiger partial charge in [-0.2, -0.15) is 0 Å². The van der Waals surface area contributed by atoms with Crippen molar-refractivity contribution in [1.82, 2.24) is 10.2 Å². The zero-order valence-corrected chi connectivity index (χ0v) is 26.0. The molecule has 5 aliphatic rings. The van der Waals surface area contributed by atoms with E-state index >= 15 is 0 Å². The Morgan fingerprint density at radius 2 is 1.84 bits per heavy atom. The summed E-state index contributed by atoms with van der Waals surface area (Å²) in [5.41, 5.74) is 2.59. The average molecular weight is 529 g/mol. The van der Waals surface area contributed by atoms with Gasteiger partial charge in [-0.1, -0.05) is 65.5 Å². The number of nitrogens with one attached hydrogen (secondary N) is 1. The fraction of sp³-hybridized carbons (Fsp3) is 0.941. The van der Waals surface area contributed by atoms with Gasteiger partial charge in [0, 0.05) is 32.5 Å². The van der Waals surface area contributed by atoms with Crippen molar-refractivity contribution in [3.63, 3.8) is 0 Å². The Morgan fingerprint density at radius 1 is 1.03 bits per heavy atom. The van der Waals surface area contributed by atoms with E-state index in [4.69, 9.17) is 9.47 Å². The highest BCUT2D eigenvalue weighted by Crippen LogP contribution is 2.68. The van der Waals surface area contributed by atoms with Crippen molar-refractivity contribution < 1.29 is 9.47 Å². The van der Waals surface area contributed by atoms with Crippen LogP contribution in [0.4, 0.5) is 0 Å². The van der Waals surface area contributed by atoms with Crippen LogP contribution in [0.2, 0.25) is 0 Å². The summed E-state index contributed by atoms with van der Waals surface area (Å²) >= 11 is 0. The lowest BCUT2D eigenvalue weighted by Crippen LogP contribution is -2.52. The molecule has 0 aromatic heterocycles. The molecule has 0 aromatic rings. The summed E-state index contributed by atoms with van der Waals surface area (Å²) < 4.78 is 13.1. The molecule has 0 amide bonds. The lowest BCUT2D eigenvalue weighted by atomic mass is 9.46. The maximum absolute atomic E-state index is 6.66. The number of nitrogens with zero attached hydrogens (tertiary/aromatic N) is 1. The van der Waals surface area contributed by atoms with Crippen LogP contribution in [-0.4, -0.2) is 57.1 Å². The molecule has 0 bridgehead atoms. The standard InChI is InChI=1S/C34H60N2O2/c1-24(2)9-8-10-25(3)29-13-14-30-28-12-11-26-21-34(37-23-27(38-34)22-35-19-20-36(6)7)18-17-32(26,4)31(28)15-16-33(29,30)5/h11,24-25,27-31,35H,8-10,12-23H2,1-7H3/t25-,27?,28+,29-,30+,31+,32+,33-,34?/m1/s1. The third-order valence-corrected chi connectivity index (χ3v) is 12.3. The van der Waals surface area contributed by atoms with Gasteiger partial charge in [0.2, 0.25) is 0 Å². The van der Waals surface area contributed by atoms with Gasteiger partial charge in [0.25, 0.3) is 0 Å². The second kappa shape index (κ2) is 11.5. The maximum atomic E-state index is 6.66. The van der Waals surface area contributed by atoms with Gasteiger partial charge < -0.3 is 19.7 Å². The molecule has 4 nitrogen and oxygen atoms in total. The van der Waals surface area contributed by atoms with Crippen molar-refractivity contribution in [2.75, 3.05) is 40.3 Å². The molecular weight excluding hydrogens is 468 g/mol. The molecule has 4 heteroatoms. The monoisotopic (exact) mass is 528 g/mol. The van der Waals surface area contributed by atoms with Crippen molar-refractivity contribution in [3.8, 4) is 0 Å². The zero-order valence-electron chi connectivity index (χ0n) is 26.0. The average Bonchev–Trinajstić information content (AvgIpc) is 3.42. The van der Waals surface area contributed by atoms with Gasteiger partial charge >= 0.3 is 0 Å². The Balaban J connectivity index is 1.21. The topological polar surface area (TPSA) is 33.7 Å². The first kappa shape index (κ1) is 29.1. The van der Waals surface area contributed by atoms with Crippen molar-refractivity contribution in [3.05, 3.63) is 11.6 Å². The van der Waals surface area contributed by atoms with E-state index in [0.717, 1.165) is 74.6 Å². The number of hydrogen-bond donors (Lipinski definition) is 1. The van der Waals surface area contributed by atoms with Crippen LogP contribution in [0.1, 0.15) is 105 Å². The van der Waals surface area contributed by atoms with E-state index in [2.05, 4.69) is 65.0 Å². The molecule has 4 aliphatic carbocycles. The van der Waals surface area contributed by atoms with Crippen LogP contribution in [0.3, 0.4) is 0 Å². The van der Waals surface area contributed by atoms with E-state index in [1.54, 1.807) is 5.57 Å².